The Morgan fingerprint density at radius 2 is 2.31 bits per heavy atom. The second-order valence-corrected chi connectivity index (χ2v) is 4.20. The van der Waals surface area contributed by atoms with Gasteiger partial charge in [0.1, 0.15) is 12.1 Å². The first-order valence-corrected chi connectivity index (χ1v) is 5.54. The van der Waals surface area contributed by atoms with Gasteiger partial charge in [0.25, 0.3) is 5.22 Å². The Morgan fingerprint density at radius 3 is 2.94 bits per heavy atom. The van der Waals surface area contributed by atoms with Crippen LogP contribution in [0.3, 0.4) is 0 Å². The minimum atomic E-state index is -0.729. The third kappa shape index (κ3) is 2.25. The molecule has 1 atom stereocenters. The lowest BCUT2D eigenvalue weighted by atomic mass is 10.1. The summed E-state index contributed by atoms with van der Waals surface area (Å²) < 4.78 is 18.6. The Bertz CT molecular complexity index is 471. The molecule has 0 bridgehead atoms. The predicted molar refractivity (Wildman–Crippen MR) is 57.7 cm³/mol. The summed E-state index contributed by atoms with van der Waals surface area (Å²) in [7, 11) is 0. The summed E-state index contributed by atoms with van der Waals surface area (Å²) in [5.41, 5.74) is 0.531. The van der Waals surface area contributed by atoms with Gasteiger partial charge >= 0.3 is 0 Å². The van der Waals surface area contributed by atoms with Gasteiger partial charge in [0.2, 0.25) is 0 Å². The van der Waals surface area contributed by atoms with Crippen LogP contribution >= 0.6 is 11.8 Å². The minimum Gasteiger partial charge on any atom is -0.440 e. The number of rotatable bonds is 3. The van der Waals surface area contributed by atoms with Crippen molar-refractivity contribution in [1.29, 1.82) is 0 Å². The zero-order valence-electron chi connectivity index (χ0n) is 8.55. The normalized spacial score (nSPS) is 12.7. The molecule has 0 radical (unpaired) electrons. The van der Waals surface area contributed by atoms with E-state index in [1.54, 1.807) is 19.1 Å². The van der Waals surface area contributed by atoms with Crippen molar-refractivity contribution in [2.75, 3.05) is 0 Å². The first kappa shape index (κ1) is 11.2. The van der Waals surface area contributed by atoms with Crippen molar-refractivity contribution < 1.29 is 13.9 Å². The van der Waals surface area contributed by atoms with Crippen LogP contribution in [-0.2, 0) is 0 Å². The lowest BCUT2D eigenvalue weighted by Gasteiger charge is -2.10. The zero-order valence-corrected chi connectivity index (χ0v) is 9.37. The third-order valence-corrected chi connectivity index (χ3v) is 3.06. The summed E-state index contributed by atoms with van der Waals surface area (Å²) >= 11 is 1.06. The van der Waals surface area contributed by atoms with E-state index in [4.69, 9.17) is 4.42 Å². The molecule has 0 aliphatic carbocycles. The van der Waals surface area contributed by atoms with Crippen LogP contribution in [0, 0.1) is 5.82 Å². The number of hydrogen-bond acceptors (Lipinski definition) is 4. The quantitative estimate of drug-likeness (QED) is 0.894. The number of aromatic nitrogens is 1. The molecule has 1 N–H and O–H groups in total. The molecule has 84 valence electrons. The van der Waals surface area contributed by atoms with E-state index in [2.05, 4.69) is 4.98 Å². The van der Waals surface area contributed by atoms with E-state index in [0.717, 1.165) is 11.8 Å². The number of nitrogens with zero attached hydrogens (tertiary/aromatic N) is 1. The van der Waals surface area contributed by atoms with E-state index in [-0.39, 0.29) is 5.82 Å². The molecule has 0 unspecified atom stereocenters. The van der Waals surface area contributed by atoms with E-state index in [0.29, 0.717) is 15.7 Å². The molecule has 0 saturated carbocycles. The van der Waals surface area contributed by atoms with E-state index in [1.165, 1.54) is 18.5 Å². The summed E-state index contributed by atoms with van der Waals surface area (Å²) in [6.07, 6.45) is 2.18. The molecule has 1 heterocycles. The van der Waals surface area contributed by atoms with Gasteiger partial charge < -0.3 is 9.52 Å². The lowest BCUT2D eigenvalue weighted by molar-refractivity contribution is 0.195. The molecule has 2 rings (SSSR count). The smallest absolute Gasteiger partial charge is 0.260 e. The fourth-order valence-corrected chi connectivity index (χ4v) is 2.22. The fourth-order valence-electron chi connectivity index (χ4n) is 1.31. The van der Waals surface area contributed by atoms with Crippen LogP contribution in [0.5, 0.6) is 0 Å². The molecule has 0 saturated heterocycles. The number of aliphatic hydroxyl groups excluding tert-OH is 1. The van der Waals surface area contributed by atoms with Crippen LogP contribution in [0.4, 0.5) is 4.39 Å². The molecule has 0 aliphatic rings. The van der Waals surface area contributed by atoms with Crippen molar-refractivity contribution >= 4 is 11.8 Å². The maximum Gasteiger partial charge on any atom is 0.260 e. The molecule has 16 heavy (non-hydrogen) atoms. The van der Waals surface area contributed by atoms with Gasteiger partial charge in [-0.25, -0.2) is 9.37 Å². The van der Waals surface area contributed by atoms with Crippen molar-refractivity contribution in [3.05, 3.63) is 42.0 Å². The van der Waals surface area contributed by atoms with Crippen molar-refractivity contribution in [2.24, 2.45) is 0 Å². The van der Waals surface area contributed by atoms with Crippen LogP contribution in [0.2, 0.25) is 0 Å². The molecule has 5 heteroatoms. The Labute approximate surface area is 96.3 Å². The highest BCUT2D eigenvalue weighted by Gasteiger charge is 2.15. The summed E-state index contributed by atoms with van der Waals surface area (Å²) in [5.74, 6) is -0.387. The molecule has 1 aromatic heterocycles. The molecular formula is C11H10FNO2S. The predicted octanol–water partition coefficient (Wildman–Crippen LogP) is 3.02. The molecule has 1 aromatic carbocycles. The first-order valence-electron chi connectivity index (χ1n) is 4.72. The third-order valence-electron chi connectivity index (χ3n) is 2.05. The first-order chi connectivity index (χ1) is 7.68. The highest BCUT2D eigenvalue weighted by molar-refractivity contribution is 7.99. The molecule has 3 nitrogen and oxygen atoms in total. The van der Waals surface area contributed by atoms with Gasteiger partial charge in [-0.15, -0.1) is 0 Å². The number of hydrogen-bond donors (Lipinski definition) is 1. The lowest BCUT2D eigenvalue weighted by Crippen LogP contribution is -1.96. The van der Waals surface area contributed by atoms with Crippen molar-refractivity contribution in [1.82, 2.24) is 4.98 Å². The fraction of sp³-hybridized carbons (Fsp3) is 0.182. The van der Waals surface area contributed by atoms with E-state index < -0.39 is 6.10 Å². The maximum atomic E-state index is 13.6. The van der Waals surface area contributed by atoms with Gasteiger partial charge in [-0.1, -0.05) is 12.1 Å². The van der Waals surface area contributed by atoms with Crippen LogP contribution < -0.4 is 0 Å². The zero-order chi connectivity index (χ0) is 11.5. The number of benzene rings is 1. The standard InChI is InChI=1S/C11H10FNO2S/c1-7(14)8-3-2-4-9(12)10(8)16-11-13-5-6-15-11/h2-7,14H,1H3/t7-/m1/s1. The van der Waals surface area contributed by atoms with Crippen molar-refractivity contribution in [2.45, 2.75) is 23.1 Å². The topological polar surface area (TPSA) is 46.3 Å². The van der Waals surface area contributed by atoms with Gasteiger partial charge in [-0.2, -0.15) is 0 Å². The monoisotopic (exact) mass is 239 g/mol. The summed E-state index contributed by atoms with van der Waals surface area (Å²) in [5, 5.41) is 9.88. The number of oxazole rings is 1. The van der Waals surface area contributed by atoms with Gasteiger partial charge in [-0.05, 0) is 30.3 Å². The van der Waals surface area contributed by atoms with E-state index in [1.807, 2.05) is 0 Å². The average Bonchev–Trinajstić information content (AvgIpc) is 2.73. The van der Waals surface area contributed by atoms with Crippen LogP contribution in [0.15, 0.2) is 45.2 Å². The highest BCUT2D eigenvalue weighted by Crippen LogP contribution is 2.34. The Kier molecular flexibility index (Phi) is 3.26. The van der Waals surface area contributed by atoms with Crippen molar-refractivity contribution in [3.8, 4) is 0 Å². The van der Waals surface area contributed by atoms with Gasteiger partial charge in [0.15, 0.2) is 0 Å². The Morgan fingerprint density at radius 1 is 1.50 bits per heavy atom. The number of aliphatic hydroxyl groups is 1. The second kappa shape index (κ2) is 4.67. The van der Waals surface area contributed by atoms with Crippen LogP contribution in [0.1, 0.15) is 18.6 Å². The molecule has 2 aromatic rings. The molecule has 0 spiro atoms. The van der Waals surface area contributed by atoms with Gasteiger partial charge in [0, 0.05) is 0 Å². The van der Waals surface area contributed by atoms with E-state index >= 15 is 0 Å². The minimum absolute atomic E-state index is 0.347. The van der Waals surface area contributed by atoms with Crippen LogP contribution in [0.25, 0.3) is 0 Å². The Balaban J connectivity index is 2.38. The summed E-state index contributed by atoms with van der Waals surface area (Å²) in [6, 6.07) is 4.59. The van der Waals surface area contributed by atoms with Gasteiger partial charge in [-0.3, -0.25) is 0 Å². The molecular weight excluding hydrogens is 229 g/mol. The van der Waals surface area contributed by atoms with Crippen LogP contribution in [-0.4, -0.2) is 10.1 Å². The Hall–Kier alpha value is -1.33. The molecule has 0 fully saturated rings. The molecule has 0 amide bonds. The largest absolute Gasteiger partial charge is 0.440 e. The summed E-state index contributed by atoms with van der Waals surface area (Å²) in [6.45, 7) is 1.59. The SMILES string of the molecule is C[C@@H](O)c1cccc(F)c1Sc1ncco1. The molecule has 0 aliphatic heterocycles. The highest BCUT2D eigenvalue weighted by atomic mass is 32.2. The summed E-state index contributed by atoms with van der Waals surface area (Å²) in [4.78, 5) is 4.25. The average molecular weight is 239 g/mol. The van der Waals surface area contributed by atoms with Crippen molar-refractivity contribution in [3.63, 3.8) is 0 Å². The van der Waals surface area contributed by atoms with Gasteiger partial charge in [0.05, 0.1) is 17.2 Å². The second-order valence-electron chi connectivity index (χ2n) is 3.23. The number of halogens is 1. The van der Waals surface area contributed by atoms with E-state index in [9.17, 15) is 9.50 Å². The maximum absolute atomic E-state index is 13.6.